The molecule has 0 aliphatic carbocycles. The molecule has 0 bridgehead atoms. The second-order valence-electron chi connectivity index (χ2n) is 15.7. The van der Waals surface area contributed by atoms with Gasteiger partial charge in [0.15, 0.2) is 0 Å². The van der Waals surface area contributed by atoms with Crippen LogP contribution in [0.15, 0.2) is 30.3 Å². The van der Waals surface area contributed by atoms with Crippen LogP contribution in [0.1, 0.15) is 107 Å². The molecule has 0 spiro atoms. The number of thioether (sulfide) groups is 1. The second kappa shape index (κ2) is 23.4. The number of hydrogen-bond acceptors (Lipinski definition) is 8. The maximum Gasteiger partial charge on any atom is 0.408 e. The molecular weight excluding hydrogens is 683 g/mol. The van der Waals surface area contributed by atoms with Gasteiger partial charge in [0.2, 0.25) is 23.6 Å². The monoisotopic (exact) mass is 749 g/mol. The smallest absolute Gasteiger partial charge is 0.408 e. The van der Waals surface area contributed by atoms with Crippen LogP contribution in [0.2, 0.25) is 0 Å². The minimum atomic E-state index is -1.08. The van der Waals surface area contributed by atoms with Crippen molar-refractivity contribution in [2.24, 2.45) is 23.7 Å². The molecule has 1 unspecified atom stereocenters. The third-order valence-corrected chi connectivity index (χ3v) is 9.27. The molecule has 0 saturated heterocycles. The molecular formula is C39H67N5O7S. The molecule has 7 atom stereocenters. The van der Waals surface area contributed by atoms with E-state index in [2.05, 4.69) is 26.6 Å². The summed E-state index contributed by atoms with van der Waals surface area (Å²) in [6.07, 6.45) is 1.90. The Morgan fingerprint density at radius 3 is 1.90 bits per heavy atom. The number of rotatable bonds is 22. The Kier molecular flexibility index (Phi) is 21.0. The summed E-state index contributed by atoms with van der Waals surface area (Å²) < 4.78 is 5.37. The molecule has 0 aliphatic heterocycles. The summed E-state index contributed by atoms with van der Waals surface area (Å²) >= 11 is 1.53. The van der Waals surface area contributed by atoms with E-state index in [1.807, 2.05) is 78.1 Å². The summed E-state index contributed by atoms with van der Waals surface area (Å²) in [6.45, 7) is 18.9. The Morgan fingerprint density at radius 2 is 1.37 bits per heavy atom. The maximum atomic E-state index is 13.8. The summed E-state index contributed by atoms with van der Waals surface area (Å²) in [7, 11) is 0. The van der Waals surface area contributed by atoms with E-state index in [4.69, 9.17) is 4.74 Å². The topological polar surface area (TPSA) is 175 Å². The summed E-state index contributed by atoms with van der Waals surface area (Å²) in [5.74, 6) is -1.66. The van der Waals surface area contributed by atoms with Crippen molar-refractivity contribution in [2.45, 2.75) is 144 Å². The van der Waals surface area contributed by atoms with E-state index in [0.29, 0.717) is 38.0 Å². The first-order chi connectivity index (χ1) is 24.3. The number of benzene rings is 1. The lowest BCUT2D eigenvalue weighted by Crippen LogP contribution is -2.57. The van der Waals surface area contributed by atoms with Gasteiger partial charge in [0.1, 0.15) is 23.7 Å². The number of ether oxygens (including phenoxy) is 1. The van der Waals surface area contributed by atoms with Crippen molar-refractivity contribution in [1.29, 1.82) is 0 Å². The van der Waals surface area contributed by atoms with Crippen molar-refractivity contribution in [1.82, 2.24) is 26.6 Å². The molecule has 1 rings (SSSR count). The highest BCUT2D eigenvalue weighted by Crippen LogP contribution is 2.18. The number of nitrogens with one attached hydrogen (secondary N) is 5. The van der Waals surface area contributed by atoms with Gasteiger partial charge < -0.3 is 36.4 Å². The molecule has 0 radical (unpaired) electrons. The molecule has 13 heteroatoms. The summed E-state index contributed by atoms with van der Waals surface area (Å²) in [5, 5.41) is 25.7. The molecule has 296 valence electrons. The molecule has 1 aromatic rings. The van der Waals surface area contributed by atoms with Crippen LogP contribution in [0, 0.1) is 23.7 Å². The third kappa shape index (κ3) is 18.4. The normalized spacial score (nSPS) is 15.7. The summed E-state index contributed by atoms with van der Waals surface area (Å²) in [6, 6.07) is 6.22. The van der Waals surface area contributed by atoms with Gasteiger partial charge in [-0.15, -0.1) is 0 Å². The molecule has 1 aromatic carbocycles. The average Bonchev–Trinajstić information content (AvgIpc) is 3.05. The summed E-state index contributed by atoms with van der Waals surface area (Å²) in [5.41, 5.74) is 0.198. The molecule has 12 nitrogen and oxygen atoms in total. The van der Waals surface area contributed by atoms with Crippen molar-refractivity contribution < 1.29 is 33.8 Å². The number of aliphatic hydroxyl groups is 1. The Hall–Kier alpha value is -3.32. The van der Waals surface area contributed by atoms with Gasteiger partial charge in [0, 0.05) is 12.5 Å². The minimum absolute atomic E-state index is 0.0421. The lowest BCUT2D eigenvalue weighted by molar-refractivity contribution is -0.133. The van der Waals surface area contributed by atoms with E-state index >= 15 is 0 Å². The molecule has 5 amide bonds. The first kappa shape index (κ1) is 46.7. The average molecular weight is 750 g/mol. The van der Waals surface area contributed by atoms with Crippen LogP contribution in [0.25, 0.3) is 0 Å². The highest BCUT2D eigenvalue weighted by molar-refractivity contribution is 7.98. The molecule has 0 aliphatic rings. The molecule has 0 saturated carbocycles. The van der Waals surface area contributed by atoms with Crippen LogP contribution in [0.4, 0.5) is 4.79 Å². The van der Waals surface area contributed by atoms with Crippen LogP contribution in [-0.2, 0) is 30.5 Å². The van der Waals surface area contributed by atoms with E-state index in [0.717, 1.165) is 5.56 Å². The molecule has 0 heterocycles. The number of alkyl carbamates (subject to hydrolysis) is 1. The first-order valence-corrected chi connectivity index (χ1v) is 20.1. The van der Waals surface area contributed by atoms with Gasteiger partial charge in [-0.3, -0.25) is 19.2 Å². The number of amides is 5. The van der Waals surface area contributed by atoms with Gasteiger partial charge in [0.05, 0.1) is 12.1 Å². The minimum Gasteiger partial charge on any atom is -0.444 e. The Balaban J connectivity index is 3.06. The van der Waals surface area contributed by atoms with E-state index in [1.54, 1.807) is 27.7 Å². The van der Waals surface area contributed by atoms with Crippen molar-refractivity contribution in [3.63, 3.8) is 0 Å². The molecule has 6 N–H and O–H groups in total. The van der Waals surface area contributed by atoms with Crippen LogP contribution in [0.5, 0.6) is 0 Å². The number of carbonyl (C=O) groups is 5. The van der Waals surface area contributed by atoms with Gasteiger partial charge in [-0.05, 0) is 81.8 Å². The number of hydrogen-bond donors (Lipinski definition) is 6. The predicted octanol–water partition coefficient (Wildman–Crippen LogP) is 4.93. The highest BCUT2D eigenvalue weighted by atomic mass is 32.2. The summed E-state index contributed by atoms with van der Waals surface area (Å²) in [4.78, 5) is 66.4. The Labute approximate surface area is 316 Å². The van der Waals surface area contributed by atoms with E-state index in [9.17, 15) is 29.1 Å². The SMILES string of the molecule is CC[C@H](C)[C@H](NC(=O)[C@H](C)C[C@H](O)[C@H](CC(C)C)NC(=O)C(CCSC)NC(=O)[C@H](CC(C)C)NC(=O)OC(C)(C)C)C(=O)NCc1ccccc1. The fourth-order valence-corrected chi connectivity index (χ4v) is 6.03. The van der Waals surface area contributed by atoms with Crippen molar-refractivity contribution >= 4 is 41.5 Å². The maximum absolute atomic E-state index is 13.8. The lowest BCUT2D eigenvalue weighted by atomic mass is 9.91. The van der Waals surface area contributed by atoms with Crippen molar-refractivity contribution in [3.8, 4) is 0 Å². The largest absolute Gasteiger partial charge is 0.444 e. The Morgan fingerprint density at radius 1 is 0.769 bits per heavy atom. The van der Waals surface area contributed by atoms with Gasteiger partial charge in [-0.1, -0.05) is 85.2 Å². The standard InChI is InChI=1S/C39H67N5O7S/c1-12-26(6)33(37(49)40-23-28-16-14-13-15-17-28)44-34(46)27(7)22-32(45)30(20-24(2)3)42-35(47)29(18-19-52-11)41-36(48)31(21-25(4)5)43-38(50)51-39(8,9)10/h13-17,24-27,29-33,45H,12,18-23H2,1-11H3,(H,40,49)(H,41,48)(H,42,47)(H,43,50)(H,44,46)/t26-,27+,29?,30-,31-,32-,33-/m0/s1. The van der Waals surface area contributed by atoms with Crippen LogP contribution in [0.3, 0.4) is 0 Å². The van der Waals surface area contributed by atoms with Crippen molar-refractivity contribution in [2.75, 3.05) is 12.0 Å². The third-order valence-electron chi connectivity index (χ3n) is 8.62. The first-order valence-electron chi connectivity index (χ1n) is 18.7. The zero-order chi connectivity index (χ0) is 39.6. The fourth-order valence-electron chi connectivity index (χ4n) is 5.56. The molecule has 0 fully saturated rings. The van der Waals surface area contributed by atoms with Gasteiger partial charge >= 0.3 is 6.09 Å². The Bertz CT molecular complexity index is 1260. The second-order valence-corrected chi connectivity index (χ2v) is 16.7. The van der Waals surface area contributed by atoms with Gasteiger partial charge in [-0.2, -0.15) is 11.8 Å². The zero-order valence-electron chi connectivity index (χ0n) is 33.3. The van der Waals surface area contributed by atoms with E-state index in [-0.39, 0.29) is 36.0 Å². The zero-order valence-corrected chi connectivity index (χ0v) is 34.2. The van der Waals surface area contributed by atoms with Crippen LogP contribution in [-0.4, -0.2) is 82.7 Å². The van der Waals surface area contributed by atoms with Crippen molar-refractivity contribution in [3.05, 3.63) is 35.9 Å². The van der Waals surface area contributed by atoms with E-state index in [1.165, 1.54) is 11.8 Å². The lowest BCUT2D eigenvalue weighted by Gasteiger charge is -2.31. The van der Waals surface area contributed by atoms with Crippen LogP contribution < -0.4 is 26.6 Å². The fraction of sp³-hybridized carbons (Fsp3) is 0.718. The van der Waals surface area contributed by atoms with Gasteiger partial charge in [0.25, 0.3) is 0 Å². The van der Waals surface area contributed by atoms with Crippen LogP contribution >= 0.6 is 11.8 Å². The predicted molar refractivity (Wildman–Crippen MR) is 208 cm³/mol. The van der Waals surface area contributed by atoms with E-state index < -0.39 is 59.7 Å². The quantitative estimate of drug-likeness (QED) is 0.0968. The highest BCUT2D eigenvalue weighted by Gasteiger charge is 2.33. The molecule has 52 heavy (non-hydrogen) atoms. The number of carbonyl (C=O) groups excluding carboxylic acids is 5. The van der Waals surface area contributed by atoms with Gasteiger partial charge in [-0.25, -0.2) is 4.79 Å². The number of aliphatic hydroxyl groups excluding tert-OH is 1. The molecule has 0 aromatic heterocycles.